The van der Waals surface area contributed by atoms with Crippen LogP contribution in [0.25, 0.3) is 17.1 Å². The van der Waals surface area contributed by atoms with E-state index in [0.29, 0.717) is 42.9 Å². The van der Waals surface area contributed by atoms with Crippen LogP contribution in [0.15, 0.2) is 76.8 Å². The second kappa shape index (κ2) is 10.6. The number of furan rings is 1. The normalized spacial score (nSPS) is 13.6. The topological polar surface area (TPSA) is 107 Å². The van der Waals surface area contributed by atoms with Crippen LogP contribution in [0.4, 0.5) is 0 Å². The number of ether oxygens (including phenoxy) is 1. The number of methoxy groups -OCH3 is 1. The minimum atomic E-state index is -0.156. The summed E-state index contributed by atoms with van der Waals surface area (Å²) in [5.74, 6) is 1.71. The van der Waals surface area contributed by atoms with E-state index in [1.54, 1.807) is 41.4 Å². The average molecular weight is 505 g/mol. The smallest absolute Gasteiger partial charge is 0.289 e. The van der Waals surface area contributed by atoms with Crippen molar-refractivity contribution in [1.29, 1.82) is 0 Å². The van der Waals surface area contributed by atoms with Crippen LogP contribution in [0, 0.1) is 0 Å². The number of thioether (sulfide) groups is 1. The van der Waals surface area contributed by atoms with Gasteiger partial charge in [-0.2, -0.15) is 0 Å². The Kier molecular flexibility index (Phi) is 6.99. The van der Waals surface area contributed by atoms with Gasteiger partial charge in [0.15, 0.2) is 16.7 Å². The van der Waals surface area contributed by atoms with E-state index in [1.807, 2.05) is 41.0 Å². The molecule has 5 rings (SSSR count). The van der Waals surface area contributed by atoms with E-state index in [0.717, 1.165) is 17.0 Å². The van der Waals surface area contributed by atoms with Gasteiger partial charge in [-0.05, 0) is 48.5 Å². The molecule has 4 heterocycles. The standard InChI is InChI=1S/C25H24N6O4S/c1-34-20-8-6-19(7-9-20)31-23(18-4-2-10-26-16-18)27-28-25(31)36-17-22(32)29-11-13-30(14-12-29)24(33)21-5-3-15-35-21/h2-10,15-16H,11-14,17H2,1H3. The Morgan fingerprint density at radius 1 is 1.00 bits per heavy atom. The Morgan fingerprint density at radius 3 is 2.44 bits per heavy atom. The molecule has 0 spiro atoms. The number of hydrogen-bond donors (Lipinski definition) is 0. The minimum Gasteiger partial charge on any atom is -0.497 e. The number of piperazine rings is 1. The molecular weight excluding hydrogens is 480 g/mol. The van der Waals surface area contributed by atoms with Crippen molar-refractivity contribution >= 4 is 23.6 Å². The Labute approximate surface area is 211 Å². The van der Waals surface area contributed by atoms with Crippen LogP contribution in [0.2, 0.25) is 0 Å². The maximum atomic E-state index is 13.0. The van der Waals surface area contributed by atoms with E-state index in [1.165, 1.54) is 18.0 Å². The van der Waals surface area contributed by atoms with E-state index in [4.69, 9.17) is 9.15 Å². The molecular formula is C25H24N6O4S. The summed E-state index contributed by atoms with van der Waals surface area (Å²) in [6, 6.07) is 14.7. The lowest BCUT2D eigenvalue weighted by atomic mass is 10.2. The van der Waals surface area contributed by atoms with Gasteiger partial charge in [0.1, 0.15) is 5.75 Å². The van der Waals surface area contributed by atoms with E-state index >= 15 is 0 Å². The molecule has 3 aromatic heterocycles. The van der Waals surface area contributed by atoms with Crippen molar-refractivity contribution < 1.29 is 18.7 Å². The molecule has 0 atom stereocenters. The molecule has 0 radical (unpaired) electrons. The summed E-state index contributed by atoms with van der Waals surface area (Å²) in [7, 11) is 1.62. The summed E-state index contributed by atoms with van der Waals surface area (Å²) in [6.45, 7) is 1.86. The second-order valence-corrected chi connectivity index (χ2v) is 8.96. The number of carbonyl (C=O) groups is 2. The molecule has 184 valence electrons. The first-order valence-electron chi connectivity index (χ1n) is 11.4. The van der Waals surface area contributed by atoms with Gasteiger partial charge in [0, 0.05) is 49.8 Å². The summed E-state index contributed by atoms with van der Waals surface area (Å²) < 4.78 is 12.4. The molecule has 2 amide bonds. The quantitative estimate of drug-likeness (QED) is 0.354. The van der Waals surface area contributed by atoms with Crippen molar-refractivity contribution in [2.24, 2.45) is 0 Å². The highest BCUT2D eigenvalue weighted by Gasteiger charge is 2.26. The lowest BCUT2D eigenvalue weighted by molar-refractivity contribution is -0.129. The van der Waals surface area contributed by atoms with Gasteiger partial charge in [-0.25, -0.2) is 0 Å². The van der Waals surface area contributed by atoms with Crippen molar-refractivity contribution in [3.8, 4) is 22.8 Å². The summed E-state index contributed by atoms with van der Waals surface area (Å²) >= 11 is 1.33. The van der Waals surface area contributed by atoms with Crippen LogP contribution in [0.3, 0.4) is 0 Å². The first-order valence-corrected chi connectivity index (χ1v) is 12.4. The van der Waals surface area contributed by atoms with Crippen molar-refractivity contribution in [1.82, 2.24) is 29.5 Å². The Bertz CT molecular complexity index is 1320. The highest BCUT2D eigenvalue weighted by atomic mass is 32.2. The van der Waals surface area contributed by atoms with Crippen LogP contribution in [-0.4, -0.2) is 80.4 Å². The van der Waals surface area contributed by atoms with Crippen LogP contribution in [-0.2, 0) is 4.79 Å². The number of rotatable bonds is 7. The van der Waals surface area contributed by atoms with E-state index < -0.39 is 0 Å². The SMILES string of the molecule is COc1ccc(-n2c(SCC(=O)N3CCN(C(=O)c4ccco4)CC3)nnc2-c2cccnc2)cc1. The number of carbonyl (C=O) groups excluding carboxylic acids is 2. The fourth-order valence-electron chi connectivity index (χ4n) is 3.94. The highest BCUT2D eigenvalue weighted by molar-refractivity contribution is 7.99. The van der Waals surface area contributed by atoms with E-state index in [9.17, 15) is 9.59 Å². The molecule has 0 N–H and O–H groups in total. The van der Waals surface area contributed by atoms with Gasteiger partial charge in [-0.1, -0.05) is 11.8 Å². The number of nitrogens with zero attached hydrogens (tertiary/aromatic N) is 6. The molecule has 10 nitrogen and oxygen atoms in total. The minimum absolute atomic E-state index is 0.0164. The molecule has 0 saturated carbocycles. The first-order chi connectivity index (χ1) is 17.6. The molecule has 1 aromatic carbocycles. The largest absolute Gasteiger partial charge is 0.497 e. The molecule has 0 bridgehead atoms. The summed E-state index contributed by atoms with van der Waals surface area (Å²) in [5, 5.41) is 9.36. The van der Waals surface area contributed by atoms with Crippen molar-refractivity contribution in [3.63, 3.8) is 0 Å². The van der Waals surface area contributed by atoms with Gasteiger partial charge < -0.3 is 19.0 Å². The van der Waals surface area contributed by atoms with Gasteiger partial charge in [-0.15, -0.1) is 10.2 Å². The third kappa shape index (κ3) is 4.96. The fraction of sp³-hybridized carbons (Fsp3) is 0.240. The van der Waals surface area contributed by atoms with Crippen LogP contribution >= 0.6 is 11.8 Å². The Balaban J connectivity index is 1.28. The maximum Gasteiger partial charge on any atom is 0.289 e. The monoisotopic (exact) mass is 504 g/mol. The van der Waals surface area contributed by atoms with Crippen LogP contribution in [0.1, 0.15) is 10.6 Å². The first kappa shape index (κ1) is 23.6. The lowest BCUT2D eigenvalue weighted by Crippen LogP contribution is -2.51. The van der Waals surface area contributed by atoms with Gasteiger partial charge in [0.25, 0.3) is 5.91 Å². The van der Waals surface area contributed by atoms with Crippen LogP contribution < -0.4 is 4.74 Å². The third-order valence-corrected chi connectivity index (χ3v) is 6.77. The number of aromatic nitrogens is 4. The molecule has 1 fully saturated rings. The Hall–Kier alpha value is -4.12. The van der Waals surface area contributed by atoms with Gasteiger partial charge >= 0.3 is 0 Å². The van der Waals surface area contributed by atoms with Crippen molar-refractivity contribution in [3.05, 3.63) is 72.9 Å². The average Bonchev–Trinajstić information content (AvgIpc) is 3.63. The van der Waals surface area contributed by atoms with Crippen molar-refractivity contribution in [2.45, 2.75) is 5.16 Å². The van der Waals surface area contributed by atoms with Crippen molar-refractivity contribution in [2.75, 3.05) is 39.0 Å². The number of hydrogen-bond acceptors (Lipinski definition) is 8. The predicted octanol–water partition coefficient (Wildman–Crippen LogP) is 3.01. The van der Waals surface area contributed by atoms with Gasteiger partial charge in [0.2, 0.25) is 5.91 Å². The zero-order valence-corrected chi connectivity index (χ0v) is 20.4. The number of pyridine rings is 1. The number of amides is 2. The van der Waals surface area contributed by atoms with E-state index in [-0.39, 0.29) is 17.6 Å². The van der Waals surface area contributed by atoms with E-state index in [2.05, 4.69) is 15.2 Å². The number of benzene rings is 1. The molecule has 0 aliphatic carbocycles. The van der Waals surface area contributed by atoms with Gasteiger partial charge in [0.05, 0.1) is 19.1 Å². The highest BCUT2D eigenvalue weighted by Crippen LogP contribution is 2.29. The molecule has 11 heteroatoms. The molecule has 1 aliphatic rings. The molecule has 36 heavy (non-hydrogen) atoms. The summed E-state index contributed by atoms with van der Waals surface area (Å²) in [4.78, 5) is 33.1. The summed E-state index contributed by atoms with van der Waals surface area (Å²) in [6.07, 6.45) is 4.91. The third-order valence-electron chi connectivity index (χ3n) is 5.86. The molecule has 0 unspecified atom stereocenters. The molecule has 1 saturated heterocycles. The maximum absolute atomic E-state index is 13.0. The zero-order chi connectivity index (χ0) is 24.9. The Morgan fingerprint density at radius 2 is 1.78 bits per heavy atom. The predicted molar refractivity (Wildman–Crippen MR) is 133 cm³/mol. The molecule has 4 aromatic rings. The second-order valence-electron chi connectivity index (χ2n) is 8.02. The zero-order valence-electron chi connectivity index (χ0n) is 19.6. The lowest BCUT2D eigenvalue weighted by Gasteiger charge is -2.34. The summed E-state index contributed by atoms with van der Waals surface area (Å²) in [5.41, 5.74) is 1.66. The molecule has 1 aliphatic heterocycles. The van der Waals surface area contributed by atoms with Gasteiger partial charge in [-0.3, -0.25) is 19.1 Å². The fourth-order valence-corrected chi connectivity index (χ4v) is 4.80. The van der Waals surface area contributed by atoms with Crippen LogP contribution in [0.5, 0.6) is 5.75 Å².